The molecule has 35 heavy (non-hydrogen) atoms. The molecular weight excluding hydrogens is 466 g/mol. The molecule has 0 aliphatic carbocycles. The SMILES string of the molecule is COC(=O)Cc1c(C(=O)OC)sc2nc(CN3CCC(CCc4ccc(C)cc4)CC3)[nH]c(=O)c12. The molecule has 186 valence electrons. The molecule has 0 atom stereocenters. The highest BCUT2D eigenvalue weighted by molar-refractivity contribution is 7.20. The lowest BCUT2D eigenvalue weighted by atomic mass is 9.90. The average molecular weight is 498 g/mol. The van der Waals surface area contributed by atoms with E-state index in [2.05, 4.69) is 46.1 Å². The second kappa shape index (κ2) is 11.1. The van der Waals surface area contributed by atoms with Crippen LogP contribution in [0.25, 0.3) is 10.2 Å². The Bertz CT molecular complexity index is 1260. The molecule has 0 unspecified atom stereocenters. The van der Waals surface area contributed by atoms with Gasteiger partial charge in [0.2, 0.25) is 0 Å². The van der Waals surface area contributed by atoms with Crippen LogP contribution in [-0.2, 0) is 33.7 Å². The molecule has 2 aromatic heterocycles. The van der Waals surface area contributed by atoms with E-state index in [1.807, 2.05) is 0 Å². The highest BCUT2D eigenvalue weighted by Gasteiger charge is 2.25. The van der Waals surface area contributed by atoms with Gasteiger partial charge in [0.1, 0.15) is 15.5 Å². The summed E-state index contributed by atoms with van der Waals surface area (Å²) in [4.78, 5) is 47.5. The summed E-state index contributed by atoms with van der Waals surface area (Å²) in [7, 11) is 2.53. The maximum Gasteiger partial charge on any atom is 0.348 e. The lowest BCUT2D eigenvalue weighted by Gasteiger charge is -2.31. The Morgan fingerprint density at radius 1 is 1.14 bits per heavy atom. The molecule has 1 aliphatic rings. The first-order valence-corrected chi connectivity index (χ1v) is 12.7. The van der Waals surface area contributed by atoms with Crippen LogP contribution in [-0.4, -0.2) is 54.1 Å². The number of carbonyl (C=O) groups is 2. The number of ether oxygens (including phenoxy) is 2. The van der Waals surface area contributed by atoms with Crippen LogP contribution in [0.15, 0.2) is 29.1 Å². The number of carbonyl (C=O) groups excluding carboxylic acids is 2. The highest BCUT2D eigenvalue weighted by atomic mass is 32.1. The molecule has 4 rings (SSSR count). The molecule has 0 saturated carbocycles. The molecule has 1 fully saturated rings. The summed E-state index contributed by atoms with van der Waals surface area (Å²) in [6, 6.07) is 8.77. The van der Waals surface area contributed by atoms with Crippen LogP contribution in [0.3, 0.4) is 0 Å². The minimum atomic E-state index is -0.597. The Morgan fingerprint density at radius 3 is 2.51 bits per heavy atom. The monoisotopic (exact) mass is 497 g/mol. The standard InChI is InChI=1S/C26H31N3O5S/c1-16-4-6-17(7-5-16)8-9-18-10-12-29(13-11-18)15-20-27-24(31)22-19(14-21(30)33-2)23(26(32)34-3)35-25(22)28-20/h4-7,18H,8-15H2,1-3H3,(H,27,28,31). The molecule has 3 aromatic rings. The molecule has 9 heteroatoms. The minimum Gasteiger partial charge on any atom is -0.469 e. The quantitative estimate of drug-likeness (QED) is 0.474. The van der Waals surface area contributed by atoms with Gasteiger partial charge in [-0.3, -0.25) is 14.5 Å². The van der Waals surface area contributed by atoms with Crippen molar-refractivity contribution in [3.63, 3.8) is 0 Å². The third-order valence-corrected chi connectivity index (χ3v) is 7.78. The van der Waals surface area contributed by atoms with Crippen LogP contribution < -0.4 is 5.56 Å². The number of rotatable bonds is 8. The number of thiophene rings is 1. The Hall–Kier alpha value is -3.04. The Kier molecular flexibility index (Phi) is 7.97. The molecule has 1 saturated heterocycles. The number of benzene rings is 1. The lowest BCUT2D eigenvalue weighted by molar-refractivity contribution is -0.139. The molecule has 3 heterocycles. The van der Waals surface area contributed by atoms with E-state index < -0.39 is 11.9 Å². The van der Waals surface area contributed by atoms with Crippen molar-refractivity contribution < 1.29 is 19.1 Å². The summed E-state index contributed by atoms with van der Waals surface area (Å²) in [5.74, 6) is 0.120. The molecule has 0 spiro atoms. The third kappa shape index (κ3) is 5.97. The van der Waals surface area contributed by atoms with Crippen molar-refractivity contribution in [3.8, 4) is 0 Å². The van der Waals surface area contributed by atoms with Crippen LogP contribution >= 0.6 is 11.3 Å². The zero-order valence-electron chi connectivity index (χ0n) is 20.4. The predicted molar refractivity (Wildman–Crippen MR) is 135 cm³/mol. The summed E-state index contributed by atoms with van der Waals surface area (Å²) in [5.41, 5.74) is 2.62. The van der Waals surface area contributed by atoms with E-state index in [1.54, 1.807) is 0 Å². The molecule has 1 aliphatic heterocycles. The fourth-order valence-corrected chi connectivity index (χ4v) is 5.73. The molecule has 1 N–H and O–H groups in total. The molecule has 8 nitrogen and oxygen atoms in total. The van der Waals surface area contributed by atoms with Crippen LogP contribution in [0.5, 0.6) is 0 Å². The normalized spacial score (nSPS) is 14.8. The smallest absolute Gasteiger partial charge is 0.348 e. The lowest BCUT2D eigenvalue weighted by Crippen LogP contribution is -2.34. The van der Waals surface area contributed by atoms with E-state index in [0.717, 1.165) is 43.7 Å². The summed E-state index contributed by atoms with van der Waals surface area (Å²) >= 11 is 1.07. The van der Waals surface area contributed by atoms with Crippen molar-refractivity contribution in [2.24, 2.45) is 5.92 Å². The number of H-pyrrole nitrogens is 1. The van der Waals surface area contributed by atoms with Crippen LogP contribution in [0.2, 0.25) is 0 Å². The number of piperidine rings is 1. The van der Waals surface area contributed by atoms with Crippen LogP contribution in [0.1, 0.15) is 51.4 Å². The zero-order chi connectivity index (χ0) is 24.9. The van der Waals surface area contributed by atoms with Gasteiger partial charge in [-0.05, 0) is 57.2 Å². The van der Waals surface area contributed by atoms with Crippen molar-refractivity contribution in [3.05, 3.63) is 62.0 Å². The molecule has 0 radical (unpaired) electrons. The molecular formula is C26H31N3O5S. The van der Waals surface area contributed by atoms with Crippen molar-refractivity contribution in [2.75, 3.05) is 27.3 Å². The Balaban J connectivity index is 1.42. The first kappa shape index (κ1) is 25.1. The summed E-state index contributed by atoms with van der Waals surface area (Å²) in [6.07, 6.45) is 4.33. The summed E-state index contributed by atoms with van der Waals surface area (Å²) in [6.45, 7) is 4.54. The first-order valence-electron chi connectivity index (χ1n) is 11.9. The largest absolute Gasteiger partial charge is 0.469 e. The predicted octanol–water partition coefficient (Wildman–Crippen LogP) is 3.64. The van der Waals surface area contributed by atoms with E-state index in [4.69, 9.17) is 9.47 Å². The number of hydrogen-bond donors (Lipinski definition) is 1. The number of aryl methyl sites for hydroxylation is 2. The molecule has 0 bridgehead atoms. The van der Waals surface area contributed by atoms with Crippen LogP contribution in [0.4, 0.5) is 0 Å². The summed E-state index contributed by atoms with van der Waals surface area (Å²) in [5, 5.41) is 0.249. The summed E-state index contributed by atoms with van der Waals surface area (Å²) < 4.78 is 9.58. The Labute approximate surface area is 208 Å². The second-order valence-electron chi connectivity index (χ2n) is 9.09. The van der Waals surface area contributed by atoms with Crippen molar-refractivity contribution in [1.82, 2.24) is 14.9 Å². The first-order chi connectivity index (χ1) is 16.9. The number of likely N-dealkylation sites (tertiary alicyclic amines) is 1. The van der Waals surface area contributed by atoms with Gasteiger partial charge >= 0.3 is 11.9 Å². The van der Waals surface area contributed by atoms with E-state index >= 15 is 0 Å². The van der Waals surface area contributed by atoms with Crippen LogP contribution in [0, 0.1) is 12.8 Å². The van der Waals surface area contributed by atoms with Gasteiger partial charge in [-0.15, -0.1) is 11.3 Å². The highest BCUT2D eigenvalue weighted by Crippen LogP contribution is 2.30. The molecule has 0 amide bonds. The van der Waals surface area contributed by atoms with Gasteiger partial charge in [-0.1, -0.05) is 29.8 Å². The third-order valence-electron chi connectivity index (χ3n) is 6.67. The van der Waals surface area contributed by atoms with Gasteiger partial charge < -0.3 is 14.5 Å². The number of nitrogens with zero attached hydrogens (tertiary/aromatic N) is 2. The fourth-order valence-electron chi connectivity index (χ4n) is 4.60. The van der Waals surface area contributed by atoms with Gasteiger partial charge in [-0.25, -0.2) is 9.78 Å². The topological polar surface area (TPSA) is 102 Å². The number of fused-ring (bicyclic) bond motifs is 1. The van der Waals surface area contributed by atoms with Crippen molar-refractivity contribution >= 4 is 33.5 Å². The minimum absolute atomic E-state index is 0.193. The zero-order valence-corrected chi connectivity index (χ0v) is 21.2. The van der Waals surface area contributed by atoms with E-state index in [0.29, 0.717) is 28.7 Å². The van der Waals surface area contributed by atoms with E-state index in [1.165, 1.54) is 31.8 Å². The number of aromatic amines is 1. The number of nitrogens with one attached hydrogen (secondary N) is 1. The van der Waals surface area contributed by atoms with Gasteiger partial charge in [0.15, 0.2) is 0 Å². The second-order valence-corrected chi connectivity index (χ2v) is 10.1. The average Bonchev–Trinajstić information content (AvgIpc) is 3.22. The number of aromatic nitrogens is 2. The number of methoxy groups -OCH3 is 2. The van der Waals surface area contributed by atoms with Gasteiger partial charge in [0, 0.05) is 5.56 Å². The maximum atomic E-state index is 12.9. The van der Waals surface area contributed by atoms with Gasteiger partial charge in [0.25, 0.3) is 5.56 Å². The Morgan fingerprint density at radius 2 is 1.86 bits per heavy atom. The number of esters is 2. The van der Waals surface area contributed by atoms with Crippen molar-refractivity contribution in [2.45, 2.75) is 45.6 Å². The fraction of sp³-hybridized carbons (Fsp3) is 0.462. The van der Waals surface area contributed by atoms with Gasteiger partial charge in [-0.2, -0.15) is 0 Å². The number of hydrogen-bond acceptors (Lipinski definition) is 8. The van der Waals surface area contributed by atoms with E-state index in [-0.39, 0.29) is 22.2 Å². The van der Waals surface area contributed by atoms with E-state index in [9.17, 15) is 14.4 Å². The molecule has 1 aromatic carbocycles. The van der Waals surface area contributed by atoms with Crippen molar-refractivity contribution in [1.29, 1.82) is 0 Å². The van der Waals surface area contributed by atoms with Gasteiger partial charge in [0.05, 0.1) is 32.6 Å². The maximum absolute atomic E-state index is 12.9.